The molecule has 3 N–H and O–H groups in total. The number of hydrogen-bond acceptors (Lipinski definition) is 17. The molecule has 266 valence electrons. The fourth-order valence-corrected chi connectivity index (χ4v) is 9.83. The summed E-state index contributed by atoms with van der Waals surface area (Å²) in [5.41, 5.74) is -0.0441. The number of fused-ring (bicyclic) bond motifs is 10. The van der Waals surface area contributed by atoms with Crippen molar-refractivity contribution in [1.29, 1.82) is 0 Å². The molecule has 19 nitrogen and oxygen atoms in total. The quantitative estimate of drug-likeness (QED) is 0.115. The second kappa shape index (κ2) is 12.2. The molecule has 0 aliphatic carbocycles. The Labute approximate surface area is 292 Å². The first-order chi connectivity index (χ1) is 24.0. The topological polar surface area (TPSA) is 213 Å². The van der Waals surface area contributed by atoms with Crippen LogP contribution in [0.5, 0.6) is 0 Å². The van der Waals surface area contributed by atoms with Crippen molar-refractivity contribution in [3.05, 3.63) is 37.5 Å². The summed E-state index contributed by atoms with van der Waals surface area (Å²) in [5, 5.41) is 6.42. The minimum atomic E-state index is -4.24. The monoisotopic (exact) mass is 770 g/mol. The lowest BCUT2D eigenvalue weighted by Crippen LogP contribution is -2.50. The van der Waals surface area contributed by atoms with E-state index in [1.165, 1.54) is 29.9 Å². The number of alkyl halides is 1. The normalized spacial score (nSPS) is 40.8. The van der Waals surface area contributed by atoms with Crippen LogP contribution in [0.4, 0.5) is 16.0 Å². The number of anilines is 2. The van der Waals surface area contributed by atoms with E-state index in [9.17, 15) is 9.46 Å². The predicted octanol–water partition coefficient (Wildman–Crippen LogP) is 2.42. The predicted molar refractivity (Wildman–Crippen MR) is 178 cm³/mol. The molecule has 11 atom stereocenters. The third kappa shape index (κ3) is 5.40. The lowest BCUT2D eigenvalue weighted by molar-refractivity contribution is -0.214. The zero-order valence-electron chi connectivity index (χ0n) is 25.8. The Balaban J connectivity index is 1.16. The number of thiol groups is 1. The highest BCUT2D eigenvalue weighted by Gasteiger charge is 2.69. The summed E-state index contributed by atoms with van der Waals surface area (Å²) in [6.07, 6.45) is -0.443. The summed E-state index contributed by atoms with van der Waals surface area (Å²) in [6.45, 7) is -6.96. The van der Waals surface area contributed by atoms with Gasteiger partial charge >= 0.3 is 13.5 Å². The van der Waals surface area contributed by atoms with Gasteiger partial charge in [-0.2, -0.15) is 0 Å². The molecule has 24 heteroatoms. The summed E-state index contributed by atoms with van der Waals surface area (Å²) >= 11 is 9.66. The van der Waals surface area contributed by atoms with Gasteiger partial charge in [0.25, 0.3) is 0 Å². The van der Waals surface area contributed by atoms with Gasteiger partial charge in [-0.15, -0.1) is 0 Å². The van der Waals surface area contributed by atoms with Crippen LogP contribution >= 0.6 is 25.8 Å². The molecule has 0 aromatic carbocycles. The van der Waals surface area contributed by atoms with Gasteiger partial charge in [-0.25, -0.2) is 38.9 Å². The summed E-state index contributed by atoms with van der Waals surface area (Å²) in [4.78, 5) is 37.7. The highest BCUT2D eigenvalue weighted by atomic mass is 32.7. The molecule has 50 heavy (non-hydrogen) atoms. The number of hydrogen-bond donors (Lipinski definition) is 4. The molecular weight excluding hydrogens is 741 g/mol. The van der Waals surface area contributed by atoms with Crippen molar-refractivity contribution >= 4 is 71.5 Å². The fraction of sp³-hybridized carbons (Fsp3) is 0.538. The molecule has 15 bridgehead atoms. The van der Waals surface area contributed by atoms with E-state index < -0.39 is 81.5 Å². The van der Waals surface area contributed by atoms with Crippen molar-refractivity contribution in [2.45, 2.75) is 61.7 Å². The largest absolute Gasteiger partial charge is 0.386 e. The van der Waals surface area contributed by atoms with Gasteiger partial charge in [0, 0.05) is 13.1 Å². The van der Waals surface area contributed by atoms with Crippen molar-refractivity contribution < 1.29 is 46.2 Å². The van der Waals surface area contributed by atoms with E-state index in [1.54, 1.807) is 11.5 Å². The maximum absolute atomic E-state index is 16.4. The molecule has 2 unspecified atom stereocenters. The number of ether oxygens (including phenoxy) is 3. The zero-order valence-corrected chi connectivity index (χ0v) is 29.3. The van der Waals surface area contributed by atoms with Crippen LogP contribution in [0.2, 0.25) is 0 Å². The Kier molecular flexibility index (Phi) is 8.07. The first kappa shape index (κ1) is 33.1. The van der Waals surface area contributed by atoms with Gasteiger partial charge in [0.05, 0.1) is 32.0 Å². The molecule has 0 amide bonds. The van der Waals surface area contributed by atoms with E-state index in [0.29, 0.717) is 41.4 Å². The van der Waals surface area contributed by atoms with Crippen LogP contribution < -0.4 is 10.6 Å². The van der Waals surface area contributed by atoms with E-state index in [1.807, 2.05) is 12.2 Å². The summed E-state index contributed by atoms with van der Waals surface area (Å²) < 4.78 is 75.7. The Bertz CT molecular complexity index is 2110. The third-order valence-corrected chi connectivity index (χ3v) is 12.4. The Morgan fingerprint density at radius 1 is 0.940 bits per heavy atom. The molecule has 4 fully saturated rings. The Morgan fingerprint density at radius 3 is 2.24 bits per heavy atom. The number of nitrogens with one attached hydrogen (secondary N) is 2. The summed E-state index contributed by atoms with van der Waals surface area (Å²) in [6, 6.07) is 0. The molecule has 10 heterocycles. The van der Waals surface area contributed by atoms with Crippen molar-refractivity contribution in [1.82, 2.24) is 39.0 Å². The van der Waals surface area contributed by atoms with Crippen LogP contribution in [0.1, 0.15) is 19.4 Å². The number of imidazole rings is 2. The van der Waals surface area contributed by atoms with E-state index in [2.05, 4.69) is 52.8 Å². The average Bonchev–Trinajstić information content (AvgIpc) is 3.88. The standard InChI is InChI=1S/C26H29FN10O9P2S2/c1-12-26-7-41-48(39,50)45-17-13-6-40-47(38,49)46-19(26)18(42-12)25(44-26)37-11-35-16-21(31-9-33-23(16)37)29-5-3-2-4-28-20-15-22(32-8-30-20)36(10-34-15)24(43-13)14(17)27/h2-3,8-14,17-19,24-25H,4-7H2,1H3,(H,38,49)(H,39,50)(H,28,30,32)(H,29,31,33)/b3-2+/t12-,13+,14+,17+,18+,19-,24+,25+,26-,47?,48?/m0/s1. The molecule has 4 aromatic rings. The Morgan fingerprint density at radius 2 is 1.58 bits per heavy atom. The van der Waals surface area contributed by atoms with Gasteiger partial charge in [-0.05, 0) is 18.7 Å². The van der Waals surface area contributed by atoms with Gasteiger partial charge < -0.3 is 34.3 Å². The lowest BCUT2D eigenvalue weighted by Gasteiger charge is -2.37. The fourth-order valence-electron chi connectivity index (χ4n) is 6.90. The van der Waals surface area contributed by atoms with E-state index in [-0.39, 0.29) is 5.65 Å². The molecule has 0 radical (unpaired) electrons. The van der Waals surface area contributed by atoms with Crippen LogP contribution in [0.25, 0.3) is 22.3 Å². The van der Waals surface area contributed by atoms with Crippen LogP contribution in [0.15, 0.2) is 37.5 Å². The van der Waals surface area contributed by atoms with Crippen LogP contribution in [-0.2, 0) is 48.7 Å². The maximum Gasteiger partial charge on any atom is 0.386 e. The SMILES string of the molecule is C[C@@H]1O[C@H]2[C@H]3O[C@@]14COP(O)(=S)O[C@H]1[C@@H](F)[C@@H](O[C@@H]1COP(=O)(S)O[C@@H]24)n1cnc2c(ncnc21)NC/C=C/CNc1ncnc2c1ncn23. The molecule has 4 aromatic heterocycles. The van der Waals surface area contributed by atoms with Crippen molar-refractivity contribution in [2.24, 2.45) is 0 Å². The number of rotatable bonds is 0. The smallest absolute Gasteiger partial charge is 0.365 e. The minimum absolute atomic E-state index is 0.257. The molecule has 6 aliphatic rings. The molecule has 0 saturated carbocycles. The average molecular weight is 771 g/mol. The second-order valence-corrected chi connectivity index (χ2v) is 17.8. The minimum Gasteiger partial charge on any atom is -0.365 e. The summed E-state index contributed by atoms with van der Waals surface area (Å²) in [5.74, 6) is 0.872. The van der Waals surface area contributed by atoms with E-state index >= 15 is 4.39 Å². The van der Waals surface area contributed by atoms with E-state index in [4.69, 9.17) is 44.1 Å². The number of aromatic nitrogens is 8. The van der Waals surface area contributed by atoms with E-state index in [0.717, 1.165) is 0 Å². The van der Waals surface area contributed by atoms with Crippen LogP contribution in [0, 0.1) is 0 Å². The first-order valence-corrected chi connectivity index (χ1v) is 20.7. The lowest BCUT2D eigenvalue weighted by atomic mass is 9.94. The second-order valence-electron chi connectivity index (χ2n) is 12.1. The number of halogens is 1. The molecule has 1 spiro atoms. The molecule has 10 rings (SSSR count). The third-order valence-electron chi connectivity index (χ3n) is 9.28. The van der Waals surface area contributed by atoms with Gasteiger partial charge in [-0.3, -0.25) is 22.7 Å². The van der Waals surface area contributed by atoms with Crippen LogP contribution in [0.3, 0.4) is 0 Å². The molecular formula is C26H29FN10O9P2S2. The van der Waals surface area contributed by atoms with Gasteiger partial charge in [-0.1, -0.05) is 24.4 Å². The first-order valence-electron chi connectivity index (χ1n) is 15.5. The number of nitrogens with zero attached hydrogens (tertiary/aromatic N) is 8. The van der Waals surface area contributed by atoms with Crippen molar-refractivity contribution in [3.63, 3.8) is 0 Å². The van der Waals surface area contributed by atoms with Crippen LogP contribution in [-0.4, -0.2) is 113 Å². The van der Waals surface area contributed by atoms with Gasteiger partial charge in [0.2, 0.25) is 0 Å². The highest BCUT2D eigenvalue weighted by Crippen LogP contribution is 2.63. The molecule has 4 saturated heterocycles. The van der Waals surface area contributed by atoms with Crippen molar-refractivity contribution in [3.8, 4) is 0 Å². The van der Waals surface area contributed by atoms with Gasteiger partial charge in [0.1, 0.15) is 42.7 Å². The molecule has 6 aliphatic heterocycles. The van der Waals surface area contributed by atoms with Gasteiger partial charge in [0.15, 0.2) is 52.6 Å². The summed E-state index contributed by atoms with van der Waals surface area (Å²) in [7, 11) is 0. The Hall–Kier alpha value is -2.72. The van der Waals surface area contributed by atoms with Crippen molar-refractivity contribution in [2.75, 3.05) is 36.9 Å². The zero-order chi connectivity index (χ0) is 34.4. The highest BCUT2D eigenvalue weighted by molar-refractivity contribution is 8.44. The maximum atomic E-state index is 16.4.